The van der Waals surface area contributed by atoms with E-state index in [-0.39, 0.29) is 35.6 Å². The van der Waals surface area contributed by atoms with Crippen molar-refractivity contribution in [3.63, 3.8) is 0 Å². The summed E-state index contributed by atoms with van der Waals surface area (Å²) in [5.74, 6) is 0. The summed E-state index contributed by atoms with van der Waals surface area (Å²) in [6, 6.07) is 97.0. The summed E-state index contributed by atoms with van der Waals surface area (Å²) in [5, 5.41) is 24.6. The van der Waals surface area contributed by atoms with E-state index in [0.29, 0.717) is 0 Å². The van der Waals surface area contributed by atoms with Crippen LogP contribution >= 0.6 is 23.8 Å². The summed E-state index contributed by atoms with van der Waals surface area (Å²) in [5.41, 5.74) is 0. The standard InChI is InChI=1S/3C18H15P.3C4H8O.Co.Li.N2/c3*1-4-10-16(11-5-1)19(17-12-6-2-7-13-17)18-14-8-3-9-15-18;3*1-2-4-5-3-1;;;1-2/h3*1-15H;3*1-4H2;;;. The van der Waals surface area contributed by atoms with Crippen LogP contribution in [0.1, 0.15) is 38.5 Å². The molecule has 0 saturated carbocycles. The van der Waals surface area contributed by atoms with Crippen molar-refractivity contribution < 1.29 is 31.0 Å². The SMILES string of the molecule is C1CCOC1.C1CCOC1.C1CCOC1.N#N.[Co].[Li].c1ccc(P(c2ccccc2)c2ccccc2)cc1.c1ccc(P(c2ccccc2)c2ccccc2)cc1.c1ccc(P(c2ccccc2)c2ccccc2)cc1. The van der Waals surface area contributed by atoms with Gasteiger partial charge >= 0.3 is 0 Å². The van der Waals surface area contributed by atoms with Crippen LogP contribution in [-0.4, -0.2) is 58.5 Å². The van der Waals surface area contributed by atoms with E-state index in [2.05, 4.69) is 273 Å². The second-order valence-electron chi connectivity index (χ2n) is 17.0. The van der Waals surface area contributed by atoms with Crippen molar-refractivity contribution in [3.05, 3.63) is 273 Å². The molecule has 9 aromatic rings. The Morgan fingerprint density at radius 2 is 0.316 bits per heavy atom. The molecule has 0 unspecified atom stereocenters. The smallest absolute Gasteiger partial charge is 0.0466 e. The molecule has 3 fully saturated rings. The van der Waals surface area contributed by atoms with Crippen LogP contribution in [0.2, 0.25) is 0 Å². The second kappa shape index (κ2) is 40.0. The van der Waals surface area contributed by atoms with E-state index in [1.54, 1.807) is 0 Å². The van der Waals surface area contributed by atoms with Gasteiger partial charge in [-0.3, -0.25) is 0 Å². The molecule has 2 radical (unpaired) electrons. The van der Waals surface area contributed by atoms with Crippen molar-refractivity contribution in [2.24, 2.45) is 0 Å². The van der Waals surface area contributed by atoms with Crippen LogP contribution in [0.3, 0.4) is 0 Å². The quantitative estimate of drug-likeness (QED) is 0.0818. The molecule has 12 rings (SSSR count). The van der Waals surface area contributed by atoms with Gasteiger partial charge in [-0.1, -0.05) is 273 Å². The van der Waals surface area contributed by atoms with Gasteiger partial charge in [0.05, 0.1) is 0 Å². The van der Waals surface area contributed by atoms with Gasteiger partial charge in [0.2, 0.25) is 0 Å². The number of hydrogen-bond donors (Lipinski definition) is 0. The Bertz CT molecular complexity index is 2160. The average molecular weight is 1100 g/mol. The van der Waals surface area contributed by atoms with Crippen LogP contribution in [0, 0.1) is 10.8 Å². The van der Waals surface area contributed by atoms with E-state index >= 15 is 0 Å². The van der Waals surface area contributed by atoms with Crippen molar-refractivity contribution in [3.8, 4) is 0 Å². The van der Waals surface area contributed by atoms with Crippen LogP contribution in [0.5, 0.6) is 0 Å². The fraction of sp³-hybridized carbons (Fsp3) is 0.182. The molecule has 3 heterocycles. The average Bonchev–Trinajstić information content (AvgIpc) is 4.37. The molecule has 0 aromatic heterocycles. The third-order valence-corrected chi connectivity index (χ3v) is 18.9. The Balaban J connectivity index is 0.000000210. The van der Waals surface area contributed by atoms with Gasteiger partial charge in [-0.25, -0.2) is 0 Å². The summed E-state index contributed by atoms with van der Waals surface area (Å²) < 4.78 is 14.8. The molecule has 386 valence electrons. The minimum Gasteiger partial charge on any atom is -0.381 e. The molecule has 76 heavy (non-hydrogen) atoms. The molecule has 0 bridgehead atoms. The molecule has 10 heteroatoms. The summed E-state index contributed by atoms with van der Waals surface area (Å²) in [6.07, 6.45) is 7.67. The van der Waals surface area contributed by atoms with Crippen LogP contribution in [0.25, 0.3) is 0 Å². The number of benzene rings is 9. The van der Waals surface area contributed by atoms with Crippen LogP contribution < -0.4 is 47.7 Å². The Kier molecular flexibility index (Phi) is 33.2. The van der Waals surface area contributed by atoms with E-state index in [4.69, 9.17) is 25.0 Å². The topological polar surface area (TPSA) is 75.3 Å². The zero-order chi connectivity index (χ0) is 51.4. The Labute approximate surface area is 479 Å². The predicted octanol–water partition coefficient (Wildman–Crippen LogP) is 12.4. The first-order chi connectivity index (χ1) is 36.8. The number of ether oxygens (including phenoxy) is 3. The van der Waals surface area contributed by atoms with E-state index < -0.39 is 23.8 Å². The Morgan fingerprint density at radius 1 is 0.211 bits per heavy atom. The van der Waals surface area contributed by atoms with Crippen molar-refractivity contribution in [1.82, 2.24) is 0 Å². The largest absolute Gasteiger partial charge is 0.381 e. The van der Waals surface area contributed by atoms with Crippen molar-refractivity contribution in [2.75, 3.05) is 39.6 Å². The van der Waals surface area contributed by atoms with Gasteiger partial charge in [-0.15, -0.1) is 0 Å². The van der Waals surface area contributed by atoms with Gasteiger partial charge in [-0.05, 0) is 110 Å². The van der Waals surface area contributed by atoms with Crippen molar-refractivity contribution in [1.29, 1.82) is 10.8 Å². The summed E-state index contributed by atoms with van der Waals surface area (Å²) in [7, 11) is -1.34. The Morgan fingerprint density at radius 3 is 0.395 bits per heavy atom. The molecule has 0 atom stereocenters. The first kappa shape index (κ1) is 63.2. The van der Waals surface area contributed by atoms with Crippen molar-refractivity contribution in [2.45, 2.75) is 38.5 Å². The first-order valence-corrected chi connectivity index (χ1v) is 29.7. The van der Waals surface area contributed by atoms with E-state index in [1.807, 2.05) is 0 Å². The molecule has 9 aromatic carbocycles. The minimum atomic E-state index is -0.446. The molecular weight excluding hydrogens is 1030 g/mol. The van der Waals surface area contributed by atoms with Gasteiger partial charge < -0.3 is 14.2 Å². The summed E-state index contributed by atoms with van der Waals surface area (Å²) in [6.45, 7) is 6.00. The Hall–Kier alpha value is -5.33. The van der Waals surface area contributed by atoms with Crippen LogP contribution in [-0.2, 0) is 31.0 Å². The van der Waals surface area contributed by atoms with Crippen LogP contribution in [0.4, 0.5) is 0 Å². The molecule has 3 aliphatic rings. The van der Waals surface area contributed by atoms with Gasteiger partial charge in [0.1, 0.15) is 0 Å². The molecule has 0 N–H and O–H groups in total. The van der Waals surface area contributed by atoms with Gasteiger partial charge in [0, 0.05) is 86.1 Å². The summed E-state index contributed by atoms with van der Waals surface area (Å²) >= 11 is 0. The van der Waals surface area contributed by atoms with Gasteiger partial charge in [-0.2, -0.15) is 0 Å². The molecule has 3 aliphatic heterocycles. The maximum absolute atomic E-state index is 6.00. The van der Waals surface area contributed by atoms with Crippen LogP contribution in [0.15, 0.2) is 273 Å². The first-order valence-electron chi connectivity index (χ1n) is 25.6. The number of nitrogens with zero attached hydrogens (tertiary/aromatic N) is 2. The maximum Gasteiger partial charge on any atom is 0.0466 e. The maximum atomic E-state index is 6.00. The molecule has 0 spiro atoms. The molecule has 3 saturated heterocycles. The number of hydrogen-bond acceptors (Lipinski definition) is 5. The zero-order valence-electron chi connectivity index (χ0n) is 43.8. The van der Waals surface area contributed by atoms with Gasteiger partial charge in [0.15, 0.2) is 0 Å². The van der Waals surface area contributed by atoms with E-state index in [0.717, 1.165) is 39.6 Å². The van der Waals surface area contributed by atoms with Crippen molar-refractivity contribution >= 4 is 90.4 Å². The minimum absolute atomic E-state index is 0. The van der Waals surface area contributed by atoms with E-state index in [1.165, 1.54) is 86.3 Å². The summed E-state index contributed by atoms with van der Waals surface area (Å²) in [4.78, 5) is 0. The zero-order valence-corrected chi connectivity index (χ0v) is 47.5. The fourth-order valence-electron chi connectivity index (χ4n) is 8.07. The van der Waals surface area contributed by atoms with Gasteiger partial charge in [0.25, 0.3) is 0 Å². The molecular formula is C66H69CoLiN2O3P3. The predicted molar refractivity (Wildman–Crippen MR) is 325 cm³/mol. The third-order valence-electron chi connectivity index (χ3n) is 11.6. The molecule has 5 nitrogen and oxygen atoms in total. The normalized spacial score (nSPS) is 12.7. The monoisotopic (exact) mass is 1100 g/mol. The second-order valence-corrected chi connectivity index (χ2v) is 23.6. The number of rotatable bonds is 9. The fourth-order valence-corrected chi connectivity index (χ4v) is 15.0. The third kappa shape index (κ3) is 22.7. The molecule has 0 amide bonds. The molecule has 0 aliphatic carbocycles. The van der Waals surface area contributed by atoms with E-state index in [9.17, 15) is 0 Å².